The molecule has 20 heavy (non-hydrogen) atoms. The van der Waals surface area contributed by atoms with Crippen molar-refractivity contribution in [3.8, 4) is 5.75 Å². The van der Waals surface area contributed by atoms with Gasteiger partial charge in [-0.3, -0.25) is 0 Å². The Morgan fingerprint density at radius 2 is 1.75 bits per heavy atom. The molecule has 0 aliphatic rings. The first-order chi connectivity index (χ1) is 9.79. The van der Waals surface area contributed by atoms with Crippen molar-refractivity contribution in [2.45, 2.75) is 6.54 Å². The van der Waals surface area contributed by atoms with Crippen molar-refractivity contribution >= 4 is 21.6 Å². The Hall–Kier alpha value is -1.52. The summed E-state index contributed by atoms with van der Waals surface area (Å²) < 4.78 is 11.6. The molecule has 4 heteroatoms. The molecule has 3 nitrogen and oxygen atoms in total. The zero-order valence-corrected chi connectivity index (χ0v) is 13.0. The van der Waals surface area contributed by atoms with E-state index < -0.39 is 0 Å². The first-order valence-corrected chi connectivity index (χ1v) is 7.28. The third-order valence-corrected chi connectivity index (χ3v) is 3.62. The maximum atomic E-state index is 5.52. The van der Waals surface area contributed by atoms with Crippen LogP contribution < -0.4 is 10.1 Å². The Morgan fingerprint density at radius 3 is 2.45 bits per heavy atom. The SMILES string of the molecule is COCCOc1ccc(NCc2ccccc2Br)cc1. The largest absolute Gasteiger partial charge is 0.491 e. The van der Waals surface area contributed by atoms with Crippen molar-refractivity contribution in [2.24, 2.45) is 0 Å². The minimum absolute atomic E-state index is 0.570. The topological polar surface area (TPSA) is 30.5 Å². The van der Waals surface area contributed by atoms with Crippen LogP contribution in [-0.2, 0) is 11.3 Å². The number of anilines is 1. The highest BCUT2D eigenvalue weighted by atomic mass is 79.9. The van der Waals surface area contributed by atoms with Crippen LogP contribution in [0.4, 0.5) is 5.69 Å². The third kappa shape index (κ3) is 4.54. The Bertz CT molecular complexity index is 528. The molecule has 2 aromatic carbocycles. The van der Waals surface area contributed by atoms with E-state index in [4.69, 9.17) is 9.47 Å². The van der Waals surface area contributed by atoms with E-state index in [1.165, 1.54) is 5.56 Å². The maximum absolute atomic E-state index is 5.52. The summed E-state index contributed by atoms with van der Waals surface area (Å²) in [5.74, 6) is 0.855. The van der Waals surface area contributed by atoms with Gasteiger partial charge in [-0.25, -0.2) is 0 Å². The molecule has 0 saturated carbocycles. The van der Waals surface area contributed by atoms with E-state index >= 15 is 0 Å². The van der Waals surface area contributed by atoms with Gasteiger partial charge in [-0.2, -0.15) is 0 Å². The number of hydrogen-bond acceptors (Lipinski definition) is 3. The number of benzene rings is 2. The lowest BCUT2D eigenvalue weighted by Crippen LogP contribution is -2.04. The van der Waals surface area contributed by atoms with E-state index in [0.29, 0.717) is 13.2 Å². The highest BCUT2D eigenvalue weighted by Gasteiger charge is 1.99. The van der Waals surface area contributed by atoms with E-state index in [-0.39, 0.29) is 0 Å². The maximum Gasteiger partial charge on any atom is 0.119 e. The summed E-state index contributed by atoms with van der Waals surface area (Å²) >= 11 is 3.54. The van der Waals surface area contributed by atoms with Crippen LogP contribution in [0.1, 0.15) is 5.56 Å². The van der Waals surface area contributed by atoms with Crippen molar-refractivity contribution in [2.75, 3.05) is 25.6 Å². The lowest BCUT2D eigenvalue weighted by molar-refractivity contribution is 0.146. The molecule has 0 aliphatic heterocycles. The van der Waals surface area contributed by atoms with Gasteiger partial charge in [-0.1, -0.05) is 34.1 Å². The van der Waals surface area contributed by atoms with Gasteiger partial charge in [0.25, 0.3) is 0 Å². The van der Waals surface area contributed by atoms with Gasteiger partial charge in [0.2, 0.25) is 0 Å². The van der Waals surface area contributed by atoms with Gasteiger partial charge in [0.1, 0.15) is 12.4 Å². The fraction of sp³-hybridized carbons (Fsp3) is 0.250. The summed E-state index contributed by atoms with van der Waals surface area (Å²) in [5, 5.41) is 3.39. The molecule has 1 N–H and O–H groups in total. The second-order valence-corrected chi connectivity index (χ2v) is 5.16. The number of hydrogen-bond donors (Lipinski definition) is 1. The van der Waals surface area contributed by atoms with Crippen LogP contribution in [0.15, 0.2) is 53.0 Å². The zero-order valence-electron chi connectivity index (χ0n) is 11.4. The van der Waals surface area contributed by atoms with Gasteiger partial charge in [-0.15, -0.1) is 0 Å². The van der Waals surface area contributed by atoms with Crippen LogP contribution >= 0.6 is 15.9 Å². The number of methoxy groups -OCH3 is 1. The van der Waals surface area contributed by atoms with E-state index in [1.807, 2.05) is 42.5 Å². The molecule has 2 rings (SSSR count). The minimum atomic E-state index is 0.570. The lowest BCUT2D eigenvalue weighted by atomic mass is 10.2. The van der Waals surface area contributed by atoms with E-state index in [1.54, 1.807) is 7.11 Å². The third-order valence-electron chi connectivity index (χ3n) is 2.85. The Labute approximate surface area is 128 Å². The quantitative estimate of drug-likeness (QED) is 0.773. The second kappa shape index (κ2) is 7.92. The van der Waals surface area contributed by atoms with Crippen LogP contribution in [0.25, 0.3) is 0 Å². The first-order valence-electron chi connectivity index (χ1n) is 6.48. The molecule has 2 aromatic rings. The number of halogens is 1. The molecule has 0 radical (unpaired) electrons. The van der Waals surface area contributed by atoms with Crippen molar-refractivity contribution in [3.05, 3.63) is 58.6 Å². The number of rotatable bonds is 7. The highest BCUT2D eigenvalue weighted by Crippen LogP contribution is 2.19. The Balaban J connectivity index is 1.86. The number of nitrogens with one attached hydrogen (secondary N) is 1. The highest BCUT2D eigenvalue weighted by molar-refractivity contribution is 9.10. The molecule has 0 bridgehead atoms. The molecule has 0 aromatic heterocycles. The van der Waals surface area contributed by atoms with Gasteiger partial charge < -0.3 is 14.8 Å². The summed E-state index contributed by atoms with van der Waals surface area (Å²) in [5.41, 5.74) is 2.30. The van der Waals surface area contributed by atoms with Gasteiger partial charge in [0, 0.05) is 23.8 Å². The molecular weight excluding hydrogens is 318 g/mol. The molecule has 0 amide bonds. The summed E-state index contributed by atoms with van der Waals surface area (Å²) in [4.78, 5) is 0. The van der Waals surface area contributed by atoms with Crippen LogP contribution in [0.3, 0.4) is 0 Å². The molecule has 0 unspecified atom stereocenters. The first kappa shape index (κ1) is 14.9. The standard InChI is InChI=1S/C16H18BrNO2/c1-19-10-11-20-15-8-6-14(7-9-15)18-12-13-4-2-3-5-16(13)17/h2-9,18H,10-12H2,1H3. The summed E-state index contributed by atoms with van der Waals surface area (Å²) in [7, 11) is 1.66. The van der Waals surface area contributed by atoms with E-state index in [2.05, 4.69) is 27.3 Å². The molecule has 0 saturated heterocycles. The molecule has 0 fully saturated rings. The fourth-order valence-electron chi connectivity index (χ4n) is 1.75. The summed E-state index contributed by atoms with van der Waals surface area (Å²) in [6, 6.07) is 16.1. The summed E-state index contributed by atoms with van der Waals surface area (Å²) in [6.07, 6.45) is 0. The fourth-order valence-corrected chi connectivity index (χ4v) is 2.18. The second-order valence-electron chi connectivity index (χ2n) is 4.31. The van der Waals surface area contributed by atoms with Crippen LogP contribution in [0.2, 0.25) is 0 Å². The summed E-state index contributed by atoms with van der Waals surface area (Å²) in [6.45, 7) is 1.95. The molecular formula is C16H18BrNO2. The monoisotopic (exact) mass is 335 g/mol. The average Bonchev–Trinajstić information content (AvgIpc) is 2.48. The van der Waals surface area contributed by atoms with Gasteiger partial charge in [-0.05, 0) is 35.9 Å². The van der Waals surface area contributed by atoms with E-state index in [0.717, 1.165) is 22.5 Å². The van der Waals surface area contributed by atoms with Crippen LogP contribution in [0, 0.1) is 0 Å². The predicted octanol–water partition coefficient (Wildman–Crippen LogP) is 4.09. The van der Waals surface area contributed by atoms with Crippen molar-refractivity contribution in [1.29, 1.82) is 0 Å². The Kier molecular flexibility index (Phi) is 5.89. The predicted molar refractivity (Wildman–Crippen MR) is 85.3 cm³/mol. The van der Waals surface area contributed by atoms with Gasteiger partial charge in [0.05, 0.1) is 6.61 Å². The number of ether oxygens (including phenoxy) is 2. The molecule has 0 spiro atoms. The normalized spacial score (nSPS) is 10.3. The Morgan fingerprint density at radius 1 is 1.00 bits per heavy atom. The minimum Gasteiger partial charge on any atom is -0.491 e. The van der Waals surface area contributed by atoms with Crippen LogP contribution in [0.5, 0.6) is 5.75 Å². The van der Waals surface area contributed by atoms with E-state index in [9.17, 15) is 0 Å². The molecule has 0 aliphatic carbocycles. The van der Waals surface area contributed by atoms with Crippen molar-refractivity contribution < 1.29 is 9.47 Å². The van der Waals surface area contributed by atoms with Crippen molar-refractivity contribution in [1.82, 2.24) is 0 Å². The van der Waals surface area contributed by atoms with Gasteiger partial charge >= 0.3 is 0 Å². The molecule has 0 atom stereocenters. The molecule has 106 valence electrons. The molecule has 0 heterocycles. The lowest BCUT2D eigenvalue weighted by Gasteiger charge is -2.10. The zero-order chi connectivity index (χ0) is 14.2. The average molecular weight is 336 g/mol. The van der Waals surface area contributed by atoms with Gasteiger partial charge in [0.15, 0.2) is 0 Å². The van der Waals surface area contributed by atoms with Crippen molar-refractivity contribution in [3.63, 3.8) is 0 Å². The van der Waals surface area contributed by atoms with Crippen LogP contribution in [-0.4, -0.2) is 20.3 Å². The smallest absolute Gasteiger partial charge is 0.119 e.